The maximum absolute atomic E-state index is 11.7. The number of para-hydroxylation sites is 1. The molecule has 1 aliphatic rings. The van der Waals surface area contributed by atoms with Crippen molar-refractivity contribution in [2.75, 3.05) is 5.32 Å². The molecular formula is C16H14N2O3. The van der Waals surface area contributed by atoms with Crippen LogP contribution in [0.2, 0.25) is 0 Å². The van der Waals surface area contributed by atoms with E-state index in [0.717, 1.165) is 11.1 Å². The number of fused-ring (bicyclic) bond motifs is 1. The van der Waals surface area contributed by atoms with Crippen molar-refractivity contribution in [3.05, 3.63) is 65.2 Å². The highest BCUT2D eigenvalue weighted by Crippen LogP contribution is 2.17. The molecule has 1 heterocycles. The minimum absolute atomic E-state index is 0.0828. The Bertz CT molecular complexity index is 683. The molecule has 0 unspecified atom stereocenters. The minimum Gasteiger partial charge on any atom is -0.444 e. The van der Waals surface area contributed by atoms with Crippen LogP contribution in [0.5, 0.6) is 0 Å². The summed E-state index contributed by atoms with van der Waals surface area (Å²) < 4.78 is 5.15. The highest BCUT2D eigenvalue weighted by atomic mass is 16.5. The van der Waals surface area contributed by atoms with Gasteiger partial charge in [0.1, 0.15) is 6.61 Å². The Morgan fingerprint density at radius 1 is 1.19 bits per heavy atom. The van der Waals surface area contributed by atoms with Gasteiger partial charge in [0.15, 0.2) is 0 Å². The molecule has 2 N–H and O–H groups in total. The van der Waals surface area contributed by atoms with Crippen molar-refractivity contribution < 1.29 is 14.3 Å². The first-order valence-electron chi connectivity index (χ1n) is 6.61. The Morgan fingerprint density at radius 3 is 2.81 bits per heavy atom. The second-order valence-electron chi connectivity index (χ2n) is 4.74. The molecule has 106 valence electrons. The van der Waals surface area contributed by atoms with Gasteiger partial charge in [0.2, 0.25) is 0 Å². The van der Waals surface area contributed by atoms with Gasteiger partial charge in [-0.25, -0.2) is 4.79 Å². The topological polar surface area (TPSA) is 67.4 Å². The number of amides is 2. The number of ether oxygens (including phenoxy) is 1. The maximum atomic E-state index is 11.7. The van der Waals surface area contributed by atoms with Crippen LogP contribution >= 0.6 is 0 Å². The monoisotopic (exact) mass is 282 g/mol. The predicted molar refractivity (Wildman–Crippen MR) is 77.9 cm³/mol. The Morgan fingerprint density at radius 2 is 2.00 bits per heavy atom. The van der Waals surface area contributed by atoms with E-state index in [-0.39, 0.29) is 12.5 Å². The molecule has 2 amide bonds. The van der Waals surface area contributed by atoms with E-state index < -0.39 is 6.09 Å². The van der Waals surface area contributed by atoms with Crippen molar-refractivity contribution in [3.8, 4) is 0 Å². The van der Waals surface area contributed by atoms with Gasteiger partial charge in [-0.05, 0) is 29.3 Å². The molecule has 0 fully saturated rings. The second-order valence-corrected chi connectivity index (χ2v) is 4.74. The number of rotatable bonds is 3. The third kappa shape index (κ3) is 3.02. The highest BCUT2D eigenvalue weighted by Gasteiger charge is 2.18. The van der Waals surface area contributed by atoms with Gasteiger partial charge in [-0.15, -0.1) is 0 Å². The number of anilines is 1. The zero-order chi connectivity index (χ0) is 14.7. The van der Waals surface area contributed by atoms with E-state index in [1.807, 2.05) is 30.3 Å². The van der Waals surface area contributed by atoms with Crippen molar-refractivity contribution >= 4 is 17.7 Å². The lowest BCUT2D eigenvalue weighted by atomic mass is 10.1. The zero-order valence-corrected chi connectivity index (χ0v) is 11.3. The van der Waals surface area contributed by atoms with Crippen LogP contribution < -0.4 is 10.6 Å². The summed E-state index contributed by atoms with van der Waals surface area (Å²) in [4.78, 5) is 23.2. The van der Waals surface area contributed by atoms with E-state index in [9.17, 15) is 9.59 Å². The fourth-order valence-electron chi connectivity index (χ4n) is 2.17. The highest BCUT2D eigenvalue weighted by molar-refractivity contribution is 5.98. The number of nitrogens with one attached hydrogen (secondary N) is 2. The molecule has 1 aliphatic heterocycles. The number of carbonyl (C=O) groups is 2. The summed E-state index contributed by atoms with van der Waals surface area (Å²) in [7, 11) is 0. The quantitative estimate of drug-likeness (QED) is 0.909. The van der Waals surface area contributed by atoms with Gasteiger partial charge < -0.3 is 10.1 Å². The number of hydrogen-bond donors (Lipinski definition) is 2. The van der Waals surface area contributed by atoms with Crippen molar-refractivity contribution in [2.45, 2.75) is 13.2 Å². The molecule has 0 aromatic heterocycles. The molecule has 0 aliphatic carbocycles. The third-order valence-corrected chi connectivity index (χ3v) is 3.25. The SMILES string of the molecule is O=C(Nc1ccccc1)OCc1ccc2c(c1)C(=O)NC2. The van der Waals surface area contributed by atoms with E-state index in [4.69, 9.17) is 4.74 Å². The van der Waals surface area contributed by atoms with E-state index in [0.29, 0.717) is 17.8 Å². The van der Waals surface area contributed by atoms with Crippen LogP contribution in [0.4, 0.5) is 10.5 Å². The molecule has 0 saturated heterocycles. The molecule has 0 atom stereocenters. The Labute approximate surface area is 121 Å². The summed E-state index contributed by atoms with van der Waals surface area (Å²) in [6.07, 6.45) is -0.522. The molecule has 5 heteroatoms. The lowest BCUT2D eigenvalue weighted by Crippen LogP contribution is -2.14. The zero-order valence-electron chi connectivity index (χ0n) is 11.3. The van der Waals surface area contributed by atoms with Gasteiger partial charge >= 0.3 is 6.09 Å². The van der Waals surface area contributed by atoms with Crippen LogP contribution in [-0.4, -0.2) is 12.0 Å². The fourth-order valence-corrected chi connectivity index (χ4v) is 2.17. The van der Waals surface area contributed by atoms with Crippen molar-refractivity contribution in [1.29, 1.82) is 0 Å². The van der Waals surface area contributed by atoms with Crippen molar-refractivity contribution in [1.82, 2.24) is 5.32 Å². The van der Waals surface area contributed by atoms with Gasteiger partial charge in [-0.2, -0.15) is 0 Å². The smallest absolute Gasteiger partial charge is 0.411 e. The van der Waals surface area contributed by atoms with Crippen LogP contribution in [0.25, 0.3) is 0 Å². The molecule has 0 spiro atoms. The van der Waals surface area contributed by atoms with Gasteiger partial charge in [-0.1, -0.05) is 30.3 Å². The molecule has 0 bridgehead atoms. The summed E-state index contributed by atoms with van der Waals surface area (Å²) in [5.74, 6) is -0.0828. The molecule has 5 nitrogen and oxygen atoms in total. The predicted octanol–water partition coefficient (Wildman–Crippen LogP) is 2.68. The Balaban J connectivity index is 1.59. The molecule has 21 heavy (non-hydrogen) atoms. The van der Waals surface area contributed by atoms with Crippen LogP contribution in [0.3, 0.4) is 0 Å². The molecule has 2 aromatic rings. The summed E-state index contributed by atoms with van der Waals surface area (Å²) in [5.41, 5.74) is 3.09. The normalized spacial score (nSPS) is 12.5. The summed E-state index contributed by atoms with van der Waals surface area (Å²) >= 11 is 0. The van der Waals surface area contributed by atoms with Crippen LogP contribution in [0.1, 0.15) is 21.5 Å². The molecule has 0 radical (unpaired) electrons. The second kappa shape index (κ2) is 5.66. The molecule has 2 aromatic carbocycles. The fraction of sp³-hybridized carbons (Fsp3) is 0.125. The average molecular weight is 282 g/mol. The Kier molecular flexibility index (Phi) is 3.55. The first-order valence-corrected chi connectivity index (χ1v) is 6.61. The molecular weight excluding hydrogens is 268 g/mol. The van der Waals surface area contributed by atoms with Gasteiger partial charge in [0, 0.05) is 17.8 Å². The van der Waals surface area contributed by atoms with E-state index in [2.05, 4.69) is 10.6 Å². The number of carbonyl (C=O) groups excluding carboxylic acids is 2. The first-order chi connectivity index (χ1) is 10.2. The largest absolute Gasteiger partial charge is 0.444 e. The first kappa shape index (κ1) is 13.2. The average Bonchev–Trinajstić information content (AvgIpc) is 2.87. The summed E-state index contributed by atoms with van der Waals surface area (Å²) in [6.45, 7) is 0.684. The van der Waals surface area contributed by atoms with Gasteiger partial charge in [0.05, 0.1) is 0 Å². The summed E-state index contributed by atoms with van der Waals surface area (Å²) in [5, 5.41) is 5.38. The van der Waals surface area contributed by atoms with Crippen LogP contribution in [0.15, 0.2) is 48.5 Å². The minimum atomic E-state index is -0.522. The van der Waals surface area contributed by atoms with Crippen molar-refractivity contribution in [3.63, 3.8) is 0 Å². The van der Waals surface area contributed by atoms with Crippen LogP contribution in [-0.2, 0) is 17.9 Å². The summed E-state index contributed by atoms with van der Waals surface area (Å²) in [6, 6.07) is 14.6. The Hall–Kier alpha value is -2.82. The molecule has 0 saturated carbocycles. The van der Waals surface area contributed by atoms with Gasteiger partial charge in [-0.3, -0.25) is 10.1 Å². The van der Waals surface area contributed by atoms with Crippen molar-refractivity contribution in [2.24, 2.45) is 0 Å². The standard InChI is InChI=1S/C16H14N2O3/c19-15-14-8-11(6-7-12(14)9-17-15)10-21-16(20)18-13-4-2-1-3-5-13/h1-8H,9-10H2,(H,17,19)(H,18,20). The van der Waals surface area contributed by atoms with Gasteiger partial charge in [0.25, 0.3) is 5.91 Å². The number of hydrogen-bond acceptors (Lipinski definition) is 3. The van der Waals surface area contributed by atoms with E-state index in [1.165, 1.54) is 0 Å². The third-order valence-electron chi connectivity index (χ3n) is 3.25. The molecule has 3 rings (SSSR count). The maximum Gasteiger partial charge on any atom is 0.411 e. The number of benzene rings is 2. The lowest BCUT2D eigenvalue weighted by molar-refractivity contribution is 0.0965. The van der Waals surface area contributed by atoms with Crippen LogP contribution in [0, 0.1) is 0 Å². The lowest BCUT2D eigenvalue weighted by Gasteiger charge is -2.07. The van der Waals surface area contributed by atoms with E-state index in [1.54, 1.807) is 18.2 Å². The van der Waals surface area contributed by atoms with E-state index >= 15 is 0 Å².